The zero-order chi connectivity index (χ0) is 17.3. The van der Waals surface area contributed by atoms with Crippen LogP contribution in [0.25, 0.3) is 11.5 Å². The van der Waals surface area contributed by atoms with Gasteiger partial charge < -0.3 is 9.15 Å². The molecule has 0 saturated heterocycles. The summed E-state index contributed by atoms with van der Waals surface area (Å²) in [5.74, 6) is 0.175. The van der Waals surface area contributed by atoms with E-state index in [0.29, 0.717) is 11.5 Å². The van der Waals surface area contributed by atoms with Gasteiger partial charge >= 0.3 is 5.97 Å². The summed E-state index contributed by atoms with van der Waals surface area (Å²) in [6, 6.07) is 7.74. The summed E-state index contributed by atoms with van der Waals surface area (Å²) in [6.45, 7) is 5.50. The third-order valence-electron chi connectivity index (χ3n) is 3.83. The van der Waals surface area contributed by atoms with Crippen molar-refractivity contribution in [2.24, 2.45) is 7.05 Å². The number of esters is 1. The van der Waals surface area contributed by atoms with E-state index in [4.69, 9.17) is 9.15 Å². The molecule has 0 aliphatic carbocycles. The van der Waals surface area contributed by atoms with Gasteiger partial charge in [-0.3, -0.25) is 4.68 Å². The monoisotopic (exact) mass is 326 g/mol. The van der Waals surface area contributed by atoms with Gasteiger partial charge in [-0.1, -0.05) is 17.7 Å². The predicted octanol–water partition coefficient (Wildman–Crippen LogP) is 3.00. The fourth-order valence-corrected chi connectivity index (χ4v) is 2.19. The third kappa shape index (κ3) is 3.05. The highest BCUT2D eigenvalue weighted by atomic mass is 16.6. The second-order valence-electron chi connectivity index (χ2n) is 5.63. The van der Waals surface area contributed by atoms with Crippen LogP contribution in [-0.2, 0) is 11.8 Å². The van der Waals surface area contributed by atoms with Crippen molar-refractivity contribution in [1.82, 2.24) is 20.0 Å². The zero-order valence-electron chi connectivity index (χ0n) is 14.0. The van der Waals surface area contributed by atoms with Crippen LogP contribution in [-0.4, -0.2) is 25.9 Å². The number of nitrogens with zero attached hydrogens (tertiary/aromatic N) is 4. The van der Waals surface area contributed by atoms with E-state index in [0.717, 1.165) is 16.8 Å². The van der Waals surface area contributed by atoms with Crippen molar-refractivity contribution in [1.29, 1.82) is 0 Å². The van der Waals surface area contributed by atoms with Gasteiger partial charge in [0.05, 0.1) is 6.20 Å². The van der Waals surface area contributed by atoms with Crippen LogP contribution >= 0.6 is 0 Å². The molecule has 0 aliphatic heterocycles. The lowest BCUT2D eigenvalue weighted by molar-refractivity contribution is 0.0279. The standard InChI is InChI=1S/C17H18N4O3/c1-10-5-7-13(8-6-10)16-20-19-15(24-16)12(3)23-17(22)14-9-18-21(4)11(14)2/h5-9,12H,1-4H3. The smallest absolute Gasteiger partial charge is 0.342 e. The topological polar surface area (TPSA) is 83.0 Å². The summed E-state index contributed by atoms with van der Waals surface area (Å²) in [6.07, 6.45) is 0.833. The SMILES string of the molecule is Cc1ccc(-c2nnc(C(C)OC(=O)c3cnn(C)c3C)o2)cc1. The van der Waals surface area contributed by atoms with Crippen molar-refractivity contribution < 1.29 is 13.9 Å². The molecule has 124 valence electrons. The lowest BCUT2D eigenvalue weighted by Gasteiger charge is -2.08. The Morgan fingerprint density at radius 3 is 2.54 bits per heavy atom. The number of hydrogen-bond acceptors (Lipinski definition) is 6. The van der Waals surface area contributed by atoms with Crippen molar-refractivity contribution in [3.8, 4) is 11.5 Å². The molecule has 1 aromatic carbocycles. The summed E-state index contributed by atoms with van der Waals surface area (Å²) < 4.78 is 12.6. The van der Waals surface area contributed by atoms with E-state index < -0.39 is 12.1 Å². The van der Waals surface area contributed by atoms with E-state index in [1.807, 2.05) is 31.2 Å². The Morgan fingerprint density at radius 2 is 1.92 bits per heavy atom. The van der Waals surface area contributed by atoms with Crippen LogP contribution in [0.3, 0.4) is 0 Å². The Morgan fingerprint density at radius 1 is 1.21 bits per heavy atom. The summed E-state index contributed by atoms with van der Waals surface area (Å²) in [7, 11) is 1.77. The van der Waals surface area contributed by atoms with Gasteiger partial charge in [0.1, 0.15) is 5.56 Å². The molecule has 3 aromatic rings. The first-order valence-corrected chi connectivity index (χ1v) is 7.55. The van der Waals surface area contributed by atoms with Gasteiger partial charge in [0.25, 0.3) is 5.89 Å². The van der Waals surface area contributed by atoms with Gasteiger partial charge in [0, 0.05) is 18.3 Å². The second-order valence-corrected chi connectivity index (χ2v) is 5.63. The highest BCUT2D eigenvalue weighted by Gasteiger charge is 2.22. The van der Waals surface area contributed by atoms with Crippen molar-refractivity contribution in [2.75, 3.05) is 0 Å². The number of hydrogen-bond donors (Lipinski definition) is 0. The molecule has 7 heteroatoms. The lowest BCUT2D eigenvalue weighted by atomic mass is 10.1. The van der Waals surface area contributed by atoms with Crippen LogP contribution in [0.1, 0.15) is 40.5 Å². The molecular formula is C17H18N4O3. The minimum absolute atomic E-state index is 0.250. The van der Waals surface area contributed by atoms with E-state index >= 15 is 0 Å². The first-order chi connectivity index (χ1) is 11.5. The number of carbonyl (C=O) groups is 1. The largest absolute Gasteiger partial charge is 0.449 e. The highest BCUT2D eigenvalue weighted by molar-refractivity contribution is 5.90. The van der Waals surface area contributed by atoms with Crippen molar-refractivity contribution in [3.63, 3.8) is 0 Å². The number of benzene rings is 1. The average molecular weight is 326 g/mol. The van der Waals surface area contributed by atoms with E-state index in [9.17, 15) is 4.79 Å². The Hall–Kier alpha value is -2.96. The third-order valence-corrected chi connectivity index (χ3v) is 3.83. The number of rotatable bonds is 4. The molecule has 3 rings (SSSR count). The first kappa shape index (κ1) is 15.9. The molecule has 0 fully saturated rings. The van der Waals surface area contributed by atoms with Gasteiger partial charge in [-0.2, -0.15) is 5.10 Å². The van der Waals surface area contributed by atoms with Crippen LogP contribution in [0.15, 0.2) is 34.9 Å². The fourth-order valence-electron chi connectivity index (χ4n) is 2.19. The Bertz CT molecular complexity index is 864. The van der Waals surface area contributed by atoms with Crippen LogP contribution < -0.4 is 0 Å². The van der Waals surface area contributed by atoms with E-state index in [1.54, 1.807) is 25.6 Å². The van der Waals surface area contributed by atoms with Crippen molar-refractivity contribution in [2.45, 2.75) is 26.9 Å². The predicted molar refractivity (Wildman–Crippen MR) is 86.2 cm³/mol. The summed E-state index contributed by atoms with van der Waals surface area (Å²) in [5, 5.41) is 12.0. The van der Waals surface area contributed by atoms with Crippen LogP contribution in [0.5, 0.6) is 0 Å². The Balaban J connectivity index is 1.74. The molecule has 0 radical (unpaired) electrons. The number of ether oxygens (including phenoxy) is 1. The molecule has 24 heavy (non-hydrogen) atoms. The molecule has 2 aromatic heterocycles. The number of aromatic nitrogens is 4. The molecule has 0 amide bonds. The normalized spacial score (nSPS) is 12.2. The minimum atomic E-state index is -0.649. The quantitative estimate of drug-likeness (QED) is 0.685. The van der Waals surface area contributed by atoms with E-state index in [-0.39, 0.29) is 5.89 Å². The van der Waals surface area contributed by atoms with Gasteiger partial charge in [-0.05, 0) is 32.9 Å². The zero-order valence-corrected chi connectivity index (χ0v) is 14.0. The van der Waals surface area contributed by atoms with Crippen molar-refractivity contribution >= 4 is 5.97 Å². The Labute approximate surface area is 139 Å². The highest BCUT2D eigenvalue weighted by Crippen LogP contribution is 2.23. The fraction of sp³-hybridized carbons (Fsp3) is 0.294. The molecule has 2 heterocycles. The molecule has 0 bridgehead atoms. The molecule has 1 unspecified atom stereocenters. The summed E-state index contributed by atoms with van der Waals surface area (Å²) >= 11 is 0. The summed E-state index contributed by atoms with van der Waals surface area (Å²) in [5.41, 5.74) is 3.12. The van der Waals surface area contributed by atoms with Crippen LogP contribution in [0.4, 0.5) is 0 Å². The summed E-state index contributed by atoms with van der Waals surface area (Å²) in [4.78, 5) is 12.2. The number of carbonyl (C=O) groups excluding carboxylic acids is 1. The van der Waals surface area contributed by atoms with Gasteiger partial charge in [0.15, 0.2) is 6.10 Å². The molecule has 1 atom stereocenters. The molecule has 0 saturated carbocycles. The molecular weight excluding hydrogens is 308 g/mol. The Kier molecular flexibility index (Phi) is 4.16. The van der Waals surface area contributed by atoms with Gasteiger partial charge in [-0.15, -0.1) is 10.2 Å². The average Bonchev–Trinajstić information content (AvgIpc) is 3.16. The maximum atomic E-state index is 12.2. The molecule has 0 spiro atoms. The first-order valence-electron chi connectivity index (χ1n) is 7.55. The van der Waals surface area contributed by atoms with Crippen LogP contribution in [0, 0.1) is 13.8 Å². The molecule has 0 N–H and O–H groups in total. The van der Waals surface area contributed by atoms with Crippen LogP contribution in [0.2, 0.25) is 0 Å². The molecule has 0 aliphatic rings. The van der Waals surface area contributed by atoms with E-state index in [1.165, 1.54) is 6.20 Å². The maximum Gasteiger partial charge on any atom is 0.342 e. The maximum absolute atomic E-state index is 12.2. The van der Waals surface area contributed by atoms with Gasteiger partial charge in [-0.25, -0.2) is 4.79 Å². The minimum Gasteiger partial charge on any atom is -0.449 e. The van der Waals surface area contributed by atoms with E-state index in [2.05, 4.69) is 15.3 Å². The lowest BCUT2D eigenvalue weighted by Crippen LogP contribution is -2.10. The number of aryl methyl sites for hydroxylation is 2. The molecule has 7 nitrogen and oxygen atoms in total. The van der Waals surface area contributed by atoms with Crippen molar-refractivity contribution in [3.05, 3.63) is 53.2 Å². The van der Waals surface area contributed by atoms with Gasteiger partial charge in [0.2, 0.25) is 5.89 Å². The second kappa shape index (κ2) is 6.27.